The van der Waals surface area contributed by atoms with Crippen molar-refractivity contribution in [2.24, 2.45) is 0 Å². The third-order valence-electron chi connectivity index (χ3n) is 2.27. The largest absolute Gasteiger partial charge is 0.481 e. The topological polar surface area (TPSA) is 119 Å². The Morgan fingerprint density at radius 3 is 2.19 bits per heavy atom. The Balaban J connectivity index is 0.000000885. The number of hydrogen-bond donors (Lipinski definition) is 2. The standard InChI is InChI=1S/C10H15BrO6.C2H4O2/c1-5(12)15-4-8-10(14)7(16-6(2)13)3-9(11)17-8;1-2(3)4/h7-10,14H,3-4H2,1-2H3;1H3,(H,3,4)/t7?,8?,9-,10-;/m0./s1. The molecule has 2 unspecified atom stereocenters. The Kier molecular flexibility index (Phi) is 9.14. The number of carbonyl (C=O) groups is 3. The normalized spacial score (nSPS) is 27.9. The van der Waals surface area contributed by atoms with Crippen LogP contribution in [0.15, 0.2) is 0 Å². The summed E-state index contributed by atoms with van der Waals surface area (Å²) in [5.74, 6) is -1.76. The predicted molar refractivity (Wildman–Crippen MR) is 73.7 cm³/mol. The highest BCUT2D eigenvalue weighted by atomic mass is 79.9. The van der Waals surface area contributed by atoms with Gasteiger partial charge in [0.2, 0.25) is 0 Å². The second-order valence-corrected chi connectivity index (χ2v) is 5.30. The molecule has 0 amide bonds. The van der Waals surface area contributed by atoms with Crippen molar-refractivity contribution in [2.75, 3.05) is 6.61 Å². The number of rotatable bonds is 3. The quantitative estimate of drug-likeness (QED) is 0.542. The van der Waals surface area contributed by atoms with Gasteiger partial charge in [0.1, 0.15) is 29.9 Å². The Bertz CT molecular complexity index is 368. The molecule has 0 saturated carbocycles. The van der Waals surface area contributed by atoms with E-state index in [1.54, 1.807) is 0 Å². The molecule has 1 saturated heterocycles. The van der Waals surface area contributed by atoms with Crippen molar-refractivity contribution >= 4 is 33.8 Å². The molecule has 0 aliphatic carbocycles. The van der Waals surface area contributed by atoms with Gasteiger partial charge in [-0.1, -0.05) is 15.9 Å². The van der Waals surface area contributed by atoms with Gasteiger partial charge in [0, 0.05) is 27.2 Å². The zero-order chi connectivity index (χ0) is 16.6. The molecule has 122 valence electrons. The van der Waals surface area contributed by atoms with Gasteiger partial charge in [-0.15, -0.1) is 0 Å². The first-order chi connectivity index (χ1) is 9.63. The molecule has 1 heterocycles. The predicted octanol–water partition coefficient (Wildman–Crippen LogP) is 0.443. The van der Waals surface area contributed by atoms with Crippen LogP contribution >= 0.6 is 15.9 Å². The van der Waals surface area contributed by atoms with Crippen LogP contribution in [0, 0.1) is 0 Å². The van der Waals surface area contributed by atoms with Crippen LogP contribution in [-0.4, -0.2) is 58.1 Å². The monoisotopic (exact) mass is 370 g/mol. The van der Waals surface area contributed by atoms with Gasteiger partial charge in [-0.05, 0) is 0 Å². The van der Waals surface area contributed by atoms with E-state index >= 15 is 0 Å². The van der Waals surface area contributed by atoms with Crippen LogP contribution in [0.4, 0.5) is 0 Å². The van der Waals surface area contributed by atoms with Crippen molar-refractivity contribution in [1.82, 2.24) is 0 Å². The number of hydrogen-bond acceptors (Lipinski definition) is 7. The highest BCUT2D eigenvalue weighted by Gasteiger charge is 2.39. The molecule has 4 atom stereocenters. The first-order valence-electron chi connectivity index (χ1n) is 6.11. The fraction of sp³-hybridized carbons (Fsp3) is 0.750. The van der Waals surface area contributed by atoms with E-state index in [0.29, 0.717) is 6.42 Å². The molecular formula is C12H19BrO8. The number of aliphatic hydroxyl groups is 1. The lowest BCUT2D eigenvalue weighted by molar-refractivity contribution is -0.189. The second kappa shape index (κ2) is 9.69. The molecule has 1 aliphatic heterocycles. The molecular weight excluding hydrogens is 352 g/mol. The summed E-state index contributed by atoms with van der Waals surface area (Å²) < 4.78 is 15.1. The molecule has 8 nitrogen and oxygen atoms in total. The minimum atomic E-state index is -1.01. The van der Waals surface area contributed by atoms with Crippen LogP contribution in [0.2, 0.25) is 0 Å². The SMILES string of the molecule is CC(=O)O.CC(=O)OCC1O[C@H](Br)CC(OC(C)=O)[C@@H]1O. The van der Waals surface area contributed by atoms with Crippen LogP contribution < -0.4 is 0 Å². The lowest BCUT2D eigenvalue weighted by Gasteiger charge is -2.36. The molecule has 0 aromatic carbocycles. The summed E-state index contributed by atoms with van der Waals surface area (Å²) in [6.07, 6.45) is -2.03. The Morgan fingerprint density at radius 2 is 1.76 bits per heavy atom. The maximum Gasteiger partial charge on any atom is 0.302 e. The lowest BCUT2D eigenvalue weighted by Crippen LogP contribution is -2.50. The van der Waals surface area contributed by atoms with E-state index in [4.69, 9.17) is 24.1 Å². The summed E-state index contributed by atoms with van der Waals surface area (Å²) in [5, 5.41) is 17.0. The maximum absolute atomic E-state index is 10.9. The van der Waals surface area contributed by atoms with Crippen LogP contribution in [0.1, 0.15) is 27.2 Å². The number of carboxylic acid groups (broad SMARTS) is 1. The van der Waals surface area contributed by atoms with Gasteiger partial charge >= 0.3 is 11.9 Å². The van der Waals surface area contributed by atoms with Gasteiger partial charge < -0.3 is 24.4 Å². The molecule has 0 aromatic heterocycles. The fourth-order valence-corrected chi connectivity index (χ4v) is 2.20. The summed E-state index contributed by atoms with van der Waals surface area (Å²) in [6.45, 7) is 3.55. The number of aliphatic carboxylic acids is 1. The molecule has 0 aromatic rings. The highest BCUT2D eigenvalue weighted by Crippen LogP contribution is 2.26. The number of aliphatic hydroxyl groups excluding tert-OH is 1. The van der Waals surface area contributed by atoms with Gasteiger partial charge in [0.25, 0.3) is 5.97 Å². The lowest BCUT2D eigenvalue weighted by atomic mass is 10.0. The first kappa shape index (κ1) is 19.8. The van der Waals surface area contributed by atoms with Crippen LogP contribution in [0.3, 0.4) is 0 Å². The van der Waals surface area contributed by atoms with Crippen molar-refractivity contribution in [3.8, 4) is 0 Å². The summed E-state index contributed by atoms with van der Waals surface area (Å²) in [6, 6.07) is 0. The average Bonchev–Trinajstić information content (AvgIpc) is 2.30. The number of alkyl halides is 1. The van der Waals surface area contributed by atoms with E-state index in [-0.39, 0.29) is 11.6 Å². The number of carbonyl (C=O) groups excluding carboxylic acids is 2. The average molecular weight is 371 g/mol. The highest BCUT2D eigenvalue weighted by molar-refractivity contribution is 9.09. The zero-order valence-corrected chi connectivity index (χ0v) is 13.5. The van der Waals surface area contributed by atoms with Crippen molar-refractivity contribution in [3.05, 3.63) is 0 Å². The molecule has 1 fully saturated rings. The second-order valence-electron chi connectivity index (χ2n) is 4.28. The summed E-state index contributed by atoms with van der Waals surface area (Å²) in [5.41, 5.74) is 0. The van der Waals surface area contributed by atoms with Gasteiger partial charge in [0.15, 0.2) is 0 Å². The molecule has 2 N–H and O–H groups in total. The summed E-state index contributed by atoms with van der Waals surface area (Å²) >= 11 is 3.23. The molecule has 1 aliphatic rings. The van der Waals surface area contributed by atoms with Crippen LogP contribution in [0.5, 0.6) is 0 Å². The third-order valence-corrected chi connectivity index (χ3v) is 2.86. The van der Waals surface area contributed by atoms with Crippen molar-refractivity contribution in [1.29, 1.82) is 0 Å². The Hall–Kier alpha value is -1.19. The minimum Gasteiger partial charge on any atom is -0.481 e. The fourth-order valence-electron chi connectivity index (χ4n) is 1.56. The first-order valence-corrected chi connectivity index (χ1v) is 7.02. The smallest absolute Gasteiger partial charge is 0.302 e. The number of carboxylic acids is 1. The molecule has 0 spiro atoms. The van der Waals surface area contributed by atoms with Gasteiger partial charge in [-0.25, -0.2) is 0 Å². The number of esters is 2. The van der Waals surface area contributed by atoms with Gasteiger partial charge in [-0.3, -0.25) is 14.4 Å². The van der Waals surface area contributed by atoms with Crippen molar-refractivity contribution in [3.63, 3.8) is 0 Å². The van der Waals surface area contributed by atoms with Crippen LogP contribution in [0.25, 0.3) is 0 Å². The molecule has 0 bridgehead atoms. The Labute approximate surface area is 130 Å². The van der Waals surface area contributed by atoms with E-state index in [9.17, 15) is 14.7 Å². The van der Waals surface area contributed by atoms with E-state index in [1.165, 1.54) is 13.8 Å². The van der Waals surface area contributed by atoms with Crippen molar-refractivity contribution < 1.29 is 38.8 Å². The summed E-state index contributed by atoms with van der Waals surface area (Å²) in [7, 11) is 0. The van der Waals surface area contributed by atoms with Gasteiger partial charge in [-0.2, -0.15) is 0 Å². The molecule has 0 radical (unpaired) electrons. The van der Waals surface area contributed by atoms with E-state index in [2.05, 4.69) is 15.9 Å². The van der Waals surface area contributed by atoms with Crippen molar-refractivity contribution in [2.45, 2.75) is 50.5 Å². The molecule has 9 heteroatoms. The zero-order valence-electron chi connectivity index (χ0n) is 11.9. The Morgan fingerprint density at radius 1 is 1.24 bits per heavy atom. The summed E-state index contributed by atoms with van der Waals surface area (Å²) in [4.78, 5) is 30.5. The van der Waals surface area contributed by atoms with E-state index < -0.39 is 36.2 Å². The number of ether oxygens (including phenoxy) is 3. The maximum atomic E-state index is 10.9. The van der Waals surface area contributed by atoms with E-state index in [0.717, 1.165) is 6.92 Å². The van der Waals surface area contributed by atoms with E-state index in [1.807, 2.05) is 0 Å². The number of halogens is 1. The van der Waals surface area contributed by atoms with Crippen LogP contribution in [-0.2, 0) is 28.6 Å². The minimum absolute atomic E-state index is 0.0731. The molecule has 1 rings (SSSR count). The third kappa shape index (κ3) is 9.38. The van der Waals surface area contributed by atoms with Gasteiger partial charge in [0.05, 0.1) is 0 Å². The molecule has 21 heavy (non-hydrogen) atoms.